The molecule has 22 heavy (non-hydrogen) atoms. The third-order valence-corrected chi connectivity index (χ3v) is 3.31. The Labute approximate surface area is 134 Å². The monoisotopic (exact) mass is 317 g/mol. The molecule has 1 atom stereocenters. The van der Waals surface area contributed by atoms with Crippen molar-refractivity contribution in [3.05, 3.63) is 59.1 Å². The molecule has 0 spiro atoms. The smallest absolute Gasteiger partial charge is 0.265 e. The summed E-state index contributed by atoms with van der Waals surface area (Å²) < 4.78 is 5.56. The van der Waals surface area contributed by atoms with Crippen LogP contribution in [0.15, 0.2) is 48.5 Å². The fourth-order valence-corrected chi connectivity index (χ4v) is 1.93. The third-order valence-electron chi connectivity index (χ3n) is 3.05. The van der Waals surface area contributed by atoms with Gasteiger partial charge in [0.25, 0.3) is 5.91 Å². The Bertz CT molecular complexity index is 665. The predicted octanol–water partition coefficient (Wildman–Crippen LogP) is 3.95. The lowest BCUT2D eigenvalue weighted by Gasteiger charge is -2.15. The van der Waals surface area contributed by atoms with Crippen molar-refractivity contribution < 1.29 is 14.3 Å². The summed E-state index contributed by atoms with van der Waals surface area (Å²) in [4.78, 5) is 23.3. The van der Waals surface area contributed by atoms with E-state index in [0.717, 1.165) is 0 Å². The number of ether oxygens (including phenoxy) is 1. The van der Waals surface area contributed by atoms with Gasteiger partial charge in [0, 0.05) is 16.3 Å². The quantitative estimate of drug-likeness (QED) is 0.850. The van der Waals surface area contributed by atoms with Crippen molar-refractivity contribution in [2.75, 3.05) is 5.32 Å². The summed E-state index contributed by atoms with van der Waals surface area (Å²) in [5.74, 6) is 0.252. The molecule has 5 heteroatoms. The zero-order valence-corrected chi connectivity index (χ0v) is 13.1. The van der Waals surface area contributed by atoms with Gasteiger partial charge in [-0.2, -0.15) is 0 Å². The summed E-state index contributed by atoms with van der Waals surface area (Å²) in [6, 6.07) is 13.5. The van der Waals surface area contributed by atoms with Gasteiger partial charge in [0.05, 0.1) is 0 Å². The second-order valence-electron chi connectivity index (χ2n) is 4.84. The molecule has 114 valence electrons. The van der Waals surface area contributed by atoms with Crippen molar-refractivity contribution in [3.8, 4) is 5.75 Å². The molecule has 2 aromatic rings. The van der Waals surface area contributed by atoms with Gasteiger partial charge < -0.3 is 10.1 Å². The molecule has 0 radical (unpaired) electrons. The summed E-state index contributed by atoms with van der Waals surface area (Å²) >= 11 is 5.79. The van der Waals surface area contributed by atoms with Crippen molar-refractivity contribution in [2.24, 2.45) is 0 Å². The summed E-state index contributed by atoms with van der Waals surface area (Å²) in [6.45, 7) is 3.15. The Kier molecular flexibility index (Phi) is 5.17. The van der Waals surface area contributed by atoms with Crippen LogP contribution in [-0.4, -0.2) is 17.8 Å². The maximum atomic E-state index is 12.1. The molecule has 0 aliphatic carbocycles. The highest BCUT2D eigenvalue weighted by Gasteiger charge is 2.15. The first-order valence-electron chi connectivity index (χ1n) is 6.80. The number of carbonyl (C=O) groups excluding carboxylic acids is 2. The molecule has 0 fully saturated rings. The van der Waals surface area contributed by atoms with Crippen molar-refractivity contribution in [3.63, 3.8) is 0 Å². The van der Waals surface area contributed by atoms with Crippen LogP contribution in [0.2, 0.25) is 5.02 Å². The highest BCUT2D eigenvalue weighted by atomic mass is 35.5. The average molecular weight is 318 g/mol. The van der Waals surface area contributed by atoms with E-state index >= 15 is 0 Å². The molecule has 0 bridgehead atoms. The molecule has 4 nitrogen and oxygen atoms in total. The molecule has 1 unspecified atom stereocenters. The van der Waals surface area contributed by atoms with Crippen LogP contribution < -0.4 is 10.1 Å². The topological polar surface area (TPSA) is 55.4 Å². The first-order valence-corrected chi connectivity index (χ1v) is 7.17. The van der Waals surface area contributed by atoms with E-state index in [1.807, 2.05) is 0 Å². The Hall–Kier alpha value is -2.33. The van der Waals surface area contributed by atoms with E-state index in [1.165, 1.54) is 6.92 Å². The van der Waals surface area contributed by atoms with Crippen molar-refractivity contribution >= 4 is 29.0 Å². The molecule has 1 N–H and O–H groups in total. The van der Waals surface area contributed by atoms with Crippen molar-refractivity contribution in [1.29, 1.82) is 0 Å². The Balaban J connectivity index is 1.95. The zero-order chi connectivity index (χ0) is 16.1. The van der Waals surface area contributed by atoms with Gasteiger partial charge >= 0.3 is 0 Å². The molecular weight excluding hydrogens is 302 g/mol. The normalized spacial score (nSPS) is 11.6. The molecule has 2 aromatic carbocycles. The van der Waals surface area contributed by atoms with Crippen LogP contribution in [0.3, 0.4) is 0 Å². The molecule has 0 saturated heterocycles. The number of rotatable bonds is 5. The largest absolute Gasteiger partial charge is 0.481 e. The standard InChI is InChI=1S/C17H16ClNO3/c1-11(20)13-3-9-16(10-4-13)22-12(2)17(21)19-15-7-5-14(18)6-8-15/h3-10,12H,1-2H3,(H,19,21). The first-order chi connectivity index (χ1) is 10.5. The number of halogens is 1. The van der Waals surface area contributed by atoms with E-state index in [0.29, 0.717) is 22.0 Å². The summed E-state index contributed by atoms with van der Waals surface area (Å²) in [6.07, 6.45) is -0.668. The van der Waals surface area contributed by atoms with Crippen molar-refractivity contribution in [1.82, 2.24) is 0 Å². The number of amides is 1. The molecule has 1 amide bonds. The third kappa shape index (κ3) is 4.33. The van der Waals surface area contributed by atoms with E-state index < -0.39 is 6.10 Å². The average Bonchev–Trinajstić information content (AvgIpc) is 2.50. The number of nitrogens with one attached hydrogen (secondary N) is 1. The highest BCUT2D eigenvalue weighted by Crippen LogP contribution is 2.16. The lowest BCUT2D eigenvalue weighted by atomic mass is 10.1. The molecule has 0 heterocycles. The molecule has 2 rings (SSSR count). The van der Waals surface area contributed by atoms with Crippen LogP contribution >= 0.6 is 11.6 Å². The van der Waals surface area contributed by atoms with Gasteiger partial charge in [-0.3, -0.25) is 9.59 Å². The number of Topliss-reactive ketones (excluding diaryl/α,β-unsaturated/α-hetero) is 1. The maximum Gasteiger partial charge on any atom is 0.265 e. The predicted molar refractivity (Wildman–Crippen MR) is 86.6 cm³/mol. The van der Waals surface area contributed by atoms with Gasteiger partial charge in [0.1, 0.15) is 5.75 Å². The lowest BCUT2D eigenvalue weighted by molar-refractivity contribution is -0.122. The minimum atomic E-state index is -0.668. The van der Waals surface area contributed by atoms with E-state index in [2.05, 4.69) is 5.32 Å². The van der Waals surface area contributed by atoms with Crippen LogP contribution in [0.25, 0.3) is 0 Å². The fraction of sp³-hybridized carbons (Fsp3) is 0.176. The van der Waals surface area contributed by atoms with Crippen molar-refractivity contribution in [2.45, 2.75) is 20.0 Å². The molecule has 0 aromatic heterocycles. The Morgan fingerprint density at radius 3 is 2.18 bits per heavy atom. The second-order valence-corrected chi connectivity index (χ2v) is 5.27. The number of ketones is 1. The van der Waals surface area contributed by atoms with E-state index in [1.54, 1.807) is 55.5 Å². The van der Waals surface area contributed by atoms with Crippen LogP contribution in [0.4, 0.5) is 5.69 Å². The maximum absolute atomic E-state index is 12.1. The molecule has 0 saturated carbocycles. The van der Waals surface area contributed by atoms with Gasteiger partial charge in [-0.05, 0) is 62.4 Å². The number of benzene rings is 2. The van der Waals surface area contributed by atoms with E-state index in [-0.39, 0.29) is 11.7 Å². The van der Waals surface area contributed by atoms with E-state index in [4.69, 9.17) is 16.3 Å². The Morgan fingerprint density at radius 1 is 1.05 bits per heavy atom. The van der Waals surface area contributed by atoms with Crippen LogP contribution in [0, 0.1) is 0 Å². The SMILES string of the molecule is CC(=O)c1ccc(OC(C)C(=O)Nc2ccc(Cl)cc2)cc1. The van der Waals surface area contributed by atoms with Gasteiger partial charge in [-0.25, -0.2) is 0 Å². The fourth-order valence-electron chi connectivity index (χ4n) is 1.80. The van der Waals surface area contributed by atoms with Crippen LogP contribution in [-0.2, 0) is 4.79 Å². The highest BCUT2D eigenvalue weighted by molar-refractivity contribution is 6.30. The summed E-state index contributed by atoms with van der Waals surface area (Å²) in [5.41, 5.74) is 1.25. The van der Waals surface area contributed by atoms with E-state index in [9.17, 15) is 9.59 Å². The number of carbonyl (C=O) groups is 2. The van der Waals surface area contributed by atoms with Crippen LogP contribution in [0.5, 0.6) is 5.75 Å². The van der Waals surface area contributed by atoms with Crippen LogP contribution in [0.1, 0.15) is 24.2 Å². The molecular formula is C17H16ClNO3. The summed E-state index contributed by atoms with van der Waals surface area (Å²) in [7, 11) is 0. The van der Waals surface area contributed by atoms with Gasteiger partial charge in [0.2, 0.25) is 0 Å². The first kappa shape index (κ1) is 16.0. The lowest BCUT2D eigenvalue weighted by Crippen LogP contribution is -2.30. The number of hydrogen-bond donors (Lipinski definition) is 1. The number of anilines is 1. The minimum Gasteiger partial charge on any atom is -0.481 e. The van der Waals surface area contributed by atoms with Gasteiger partial charge in [-0.15, -0.1) is 0 Å². The summed E-state index contributed by atoms with van der Waals surface area (Å²) in [5, 5.41) is 3.35. The number of hydrogen-bond acceptors (Lipinski definition) is 3. The Morgan fingerprint density at radius 2 is 1.64 bits per heavy atom. The molecule has 0 aliphatic heterocycles. The van der Waals surface area contributed by atoms with Gasteiger partial charge in [-0.1, -0.05) is 11.6 Å². The minimum absolute atomic E-state index is 0.0138. The zero-order valence-electron chi connectivity index (χ0n) is 12.3. The van der Waals surface area contributed by atoms with Gasteiger partial charge in [0.15, 0.2) is 11.9 Å². The molecule has 0 aliphatic rings. The second kappa shape index (κ2) is 7.09.